The minimum Gasteiger partial charge on any atom is -0.349 e. The Labute approximate surface area is 139 Å². The van der Waals surface area contributed by atoms with Crippen molar-refractivity contribution in [1.82, 2.24) is 5.32 Å². The van der Waals surface area contributed by atoms with E-state index in [1.165, 1.54) is 0 Å². The van der Waals surface area contributed by atoms with Crippen LogP contribution in [0.2, 0.25) is 0 Å². The lowest BCUT2D eigenvalue weighted by Gasteiger charge is -2.20. The van der Waals surface area contributed by atoms with E-state index in [0.717, 1.165) is 31.2 Å². The average Bonchev–Trinajstić information content (AvgIpc) is 2.86. The molecule has 0 aliphatic carbocycles. The van der Waals surface area contributed by atoms with Crippen LogP contribution in [0, 0.1) is 5.92 Å². The molecule has 0 bridgehead atoms. The lowest BCUT2D eigenvalue weighted by molar-refractivity contribution is -0.122. The van der Waals surface area contributed by atoms with Crippen LogP contribution in [0.3, 0.4) is 0 Å². The van der Waals surface area contributed by atoms with Crippen molar-refractivity contribution in [2.75, 3.05) is 11.5 Å². The summed E-state index contributed by atoms with van der Waals surface area (Å²) in [5, 5.41) is 3.11. The number of nitrogens with one attached hydrogen (secondary N) is 1. The van der Waals surface area contributed by atoms with Gasteiger partial charge in [-0.2, -0.15) is 0 Å². The minimum absolute atomic E-state index is 0.0212. The van der Waals surface area contributed by atoms with E-state index in [-0.39, 0.29) is 29.4 Å². The molecule has 5 heteroatoms. The van der Waals surface area contributed by atoms with Crippen molar-refractivity contribution in [2.45, 2.75) is 51.5 Å². The molecule has 1 aromatic rings. The fraction of sp³-hybridized carbons (Fsp3) is 0.611. The van der Waals surface area contributed by atoms with Gasteiger partial charge in [0.25, 0.3) is 0 Å². The predicted molar refractivity (Wildman–Crippen MR) is 92.8 cm³/mol. The summed E-state index contributed by atoms with van der Waals surface area (Å²) in [6.07, 6.45) is 5.23. The Balaban J connectivity index is 1.92. The van der Waals surface area contributed by atoms with Crippen molar-refractivity contribution >= 4 is 15.7 Å². The highest BCUT2D eigenvalue weighted by molar-refractivity contribution is 7.91. The van der Waals surface area contributed by atoms with Gasteiger partial charge in [0.05, 0.1) is 17.5 Å². The molecule has 1 aliphatic rings. The third-order valence-electron chi connectivity index (χ3n) is 4.43. The molecule has 1 amide bonds. The summed E-state index contributed by atoms with van der Waals surface area (Å²) in [5.41, 5.74) is 1.12. The highest BCUT2D eigenvalue weighted by atomic mass is 32.2. The molecular formula is C18H27NO3S. The molecule has 1 N–H and O–H groups in total. The van der Waals surface area contributed by atoms with E-state index in [2.05, 4.69) is 12.2 Å². The van der Waals surface area contributed by atoms with Crippen LogP contribution in [0.5, 0.6) is 0 Å². The first kappa shape index (κ1) is 18.0. The van der Waals surface area contributed by atoms with Crippen molar-refractivity contribution in [3.05, 3.63) is 35.9 Å². The van der Waals surface area contributed by atoms with Gasteiger partial charge in [0, 0.05) is 6.42 Å². The summed E-state index contributed by atoms with van der Waals surface area (Å²) in [5.74, 6) is 0.333. The molecule has 23 heavy (non-hydrogen) atoms. The van der Waals surface area contributed by atoms with E-state index in [1.54, 1.807) is 0 Å². The molecule has 1 aromatic carbocycles. The molecule has 0 radical (unpaired) electrons. The van der Waals surface area contributed by atoms with Crippen LogP contribution in [0.4, 0.5) is 0 Å². The number of carbonyl (C=O) groups is 1. The smallest absolute Gasteiger partial charge is 0.220 e. The number of sulfone groups is 1. The first-order chi connectivity index (χ1) is 11.0. The van der Waals surface area contributed by atoms with Crippen molar-refractivity contribution < 1.29 is 13.2 Å². The summed E-state index contributed by atoms with van der Waals surface area (Å²) >= 11 is 0. The minimum atomic E-state index is -2.92. The molecule has 0 spiro atoms. The zero-order valence-electron chi connectivity index (χ0n) is 13.8. The van der Waals surface area contributed by atoms with Crippen LogP contribution >= 0.6 is 0 Å². The van der Waals surface area contributed by atoms with E-state index in [1.807, 2.05) is 30.3 Å². The average molecular weight is 337 g/mol. The number of hydrogen-bond donors (Lipinski definition) is 1. The lowest BCUT2D eigenvalue weighted by Crippen LogP contribution is -2.30. The van der Waals surface area contributed by atoms with Crippen LogP contribution < -0.4 is 5.32 Å². The van der Waals surface area contributed by atoms with Crippen LogP contribution in [-0.4, -0.2) is 25.8 Å². The van der Waals surface area contributed by atoms with Gasteiger partial charge in [0.2, 0.25) is 5.91 Å². The normalized spacial score (nSPS) is 21.0. The van der Waals surface area contributed by atoms with Gasteiger partial charge in [-0.25, -0.2) is 8.42 Å². The topological polar surface area (TPSA) is 63.2 Å². The monoisotopic (exact) mass is 337 g/mol. The fourth-order valence-electron chi connectivity index (χ4n) is 3.15. The van der Waals surface area contributed by atoms with E-state index >= 15 is 0 Å². The highest BCUT2D eigenvalue weighted by Gasteiger charge is 2.29. The number of benzene rings is 1. The van der Waals surface area contributed by atoms with Gasteiger partial charge in [-0.1, -0.05) is 56.5 Å². The van der Waals surface area contributed by atoms with E-state index in [9.17, 15) is 13.2 Å². The van der Waals surface area contributed by atoms with Gasteiger partial charge in [-0.05, 0) is 24.3 Å². The second-order valence-corrected chi connectivity index (χ2v) is 8.73. The van der Waals surface area contributed by atoms with E-state index < -0.39 is 9.84 Å². The van der Waals surface area contributed by atoms with Crippen molar-refractivity contribution in [1.29, 1.82) is 0 Å². The molecule has 2 rings (SSSR count). The third-order valence-corrected chi connectivity index (χ3v) is 6.27. The predicted octanol–water partition coefficient (Wildman–Crippen LogP) is 3.25. The Morgan fingerprint density at radius 1 is 1.26 bits per heavy atom. The molecule has 4 nitrogen and oxygen atoms in total. The molecule has 1 fully saturated rings. The van der Waals surface area contributed by atoms with Gasteiger partial charge < -0.3 is 5.32 Å². The van der Waals surface area contributed by atoms with Crippen LogP contribution in [0.15, 0.2) is 30.3 Å². The number of carbonyl (C=O) groups excluding carboxylic acids is 1. The van der Waals surface area contributed by atoms with Crippen LogP contribution in [0.1, 0.15) is 57.1 Å². The SMILES string of the molecule is CCCCC[C@@H](NC(=O)C[C@@H]1CCS(=O)(=O)C1)c1ccccc1. The second kappa shape index (κ2) is 8.48. The maximum Gasteiger partial charge on any atom is 0.220 e. The van der Waals surface area contributed by atoms with Gasteiger partial charge in [0.1, 0.15) is 0 Å². The Bertz CT molecular complexity index is 598. The zero-order chi connectivity index (χ0) is 16.7. The number of rotatable bonds is 8. The third kappa shape index (κ3) is 5.98. The molecule has 1 saturated heterocycles. The summed E-state index contributed by atoms with van der Waals surface area (Å²) < 4.78 is 23.0. The maximum atomic E-state index is 12.3. The second-order valence-electron chi connectivity index (χ2n) is 6.50. The number of hydrogen-bond acceptors (Lipinski definition) is 3. The molecule has 0 unspecified atom stereocenters. The summed E-state index contributed by atoms with van der Waals surface area (Å²) in [7, 11) is -2.92. The molecule has 2 atom stereocenters. The molecule has 0 saturated carbocycles. The van der Waals surface area contributed by atoms with Crippen LogP contribution in [0.25, 0.3) is 0 Å². The Hall–Kier alpha value is -1.36. The molecule has 1 aliphatic heterocycles. The molecule has 128 valence electrons. The highest BCUT2D eigenvalue weighted by Crippen LogP contribution is 2.24. The van der Waals surface area contributed by atoms with Crippen LogP contribution in [-0.2, 0) is 14.6 Å². The van der Waals surface area contributed by atoms with E-state index in [0.29, 0.717) is 12.8 Å². The first-order valence-electron chi connectivity index (χ1n) is 8.55. The quantitative estimate of drug-likeness (QED) is 0.741. The van der Waals surface area contributed by atoms with Gasteiger partial charge in [-0.3, -0.25) is 4.79 Å². The Kier molecular flexibility index (Phi) is 6.63. The van der Waals surface area contributed by atoms with Crippen molar-refractivity contribution in [3.8, 4) is 0 Å². The summed E-state index contributed by atoms with van der Waals surface area (Å²) in [6.45, 7) is 2.16. The Morgan fingerprint density at radius 3 is 2.61 bits per heavy atom. The molecular weight excluding hydrogens is 310 g/mol. The lowest BCUT2D eigenvalue weighted by atomic mass is 9.99. The summed E-state index contributed by atoms with van der Waals surface area (Å²) in [4.78, 5) is 12.3. The fourth-order valence-corrected chi connectivity index (χ4v) is 5.02. The summed E-state index contributed by atoms with van der Waals surface area (Å²) in [6, 6.07) is 10.0. The molecule has 0 aromatic heterocycles. The number of amides is 1. The molecule has 1 heterocycles. The van der Waals surface area contributed by atoms with Crippen molar-refractivity contribution in [3.63, 3.8) is 0 Å². The number of unbranched alkanes of at least 4 members (excludes halogenated alkanes) is 2. The van der Waals surface area contributed by atoms with Gasteiger partial charge >= 0.3 is 0 Å². The van der Waals surface area contributed by atoms with Gasteiger partial charge in [0.15, 0.2) is 9.84 Å². The Morgan fingerprint density at radius 2 is 2.00 bits per heavy atom. The zero-order valence-corrected chi connectivity index (χ0v) is 14.6. The van der Waals surface area contributed by atoms with E-state index in [4.69, 9.17) is 0 Å². The maximum absolute atomic E-state index is 12.3. The van der Waals surface area contributed by atoms with Crippen molar-refractivity contribution in [2.24, 2.45) is 5.92 Å². The first-order valence-corrected chi connectivity index (χ1v) is 10.4. The van der Waals surface area contributed by atoms with Gasteiger partial charge in [-0.15, -0.1) is 0 Å². The largest absolute Gasteiger partial charge is 0.349 e. The standard InChI is InChI=1S/C18H27NO3S/c1-2-3-5-10-17(16-8-6-4-7-9-16)19-18(20)13-15-11-12-23(21,22)14-15/h4,6-9,15,17H,2-3,5,10-14H2,1H3,(H,19,20)/t15-,17+/m0/s1.